The van der Waals surface area contributed by atoms with E-state index >= 15 is 0 Å². The second-order valence-electron chi connectivity index (χ2n) is 2.96. The maximum atomic E-state index is 10.7. The van der Waals surface area contributed by atoms with E-state index in [1.165, 1.54) is 17.8 Å². The molecular weight excluding hydrogens is 250 g/mol. The molecule has 0 unspecified atom stereocenters. The molecule has 9 heteroatoms. The fraction of sp³-hybridized carbons (Fsp3) is 0.429. The zero-order valence-corrected chi connectivity index (χ0v) is 10.3. The third kappa shape index (κ3) is 4.64. The van der Waals surface area contributed by atoms with Gasteiger partial charge in [-0.15, -0.1) is 0 Å². The van der Waals surface area contributed by atoms with Crippen molar-refractivity contribution in [3.63, 3.8) is 0 Å². The first-order chi connectivity index (χ1) is 7.40. The van der Waals surface area contributed by atoms with Crippen LogP contribution >= 0.6 is 11.8 Å². The molecule has 1 aromatic rings. The SMILES string of the molecule is CSc1nc(N)cc(NCCS(N)(=O)=O)n1. The molecule has 0 atom stereocenters. The number of rotatable bonds is 5. The van der Waals surface area contributed by atoms with Crippen LogP contribution in [0.1, 0.15) is 0 Å². The molecule has 0 saturated carbocycles. The van der Waals surface area contributed by atoms with E-state index in [4.69, 9.17) is 10.9 Å². The first kappa shape index (κ1) is 13.0. The molecule has 0 aliphatic heterocycles. The third-order valence-electron chi connectivity index (χ3n) is 1.60. The number of nitrogens with zero attached hydrogens (tertiary/aromatic N) is 2. The highest BCUT2D eigenvalue weighted by Gasteiger charge is 2.04. The van der Waals surface area contributed by atoms with E-state index in [2.05, 4.69) is 15.3 Å². The van der Waals surface area contributed by atoms with Gasteiger partial charge < -0.3 is 11.1 Å². The quantitative estimate of drug-likeness (QED) is 0.482. The van der Waals surface area contributed by atoms with Crippen LogP contribution in [-0.2, 0) is 10.0 Å². The molecule has 7 nitrogen and oxygen atoms in total. The number of primary sulfonamides is 1. The van der Waals surface area contributed by atoms with Crippen molar-refractivity contribution in [3.05, 3.63) is 6.07 Å². The fourth-order valence-corrected chi connectivity index (χ4v) is 1.72. The van der Waals surface area contributed by atoms with Gasteiger partial charge in [0.2, 0.25) is 10.0 Å². The smallest absolute Gasteiger partial charge is 0.210 e. The van der Waals surface area contributed by atoms with Crippen LogP contribution in [0.15, 0.2) is 11.2 Å². The molecule has 0 bridgehead atoms. The summed E-state index contributed by atoms with van der Waals surface area (Å²) < 4.78 is 21.4. The maximum absolute atomic E-state index is 10.7. The predicted octanol–water partition coefficient (Wildman–Crippen LogP) is -0.519. The zero-order valence-electron chi connectivity index (χ0n) is 8.67. The Hall–Kier alpha value is -1.06. The van der Waals surface area contributed by atoms with Crippen molar-refractivity contribution in [1.29, 1.82) is 0 Å². The first-order valence-corrected chi connectivity index (χ1v) is 7.27. The molecule has 0 aromatic carbocycles. The number of nitrogens with one attached hydrogen (secondary N) is 1. The van der Waals surface area contributed by atoms with Crippen LogP contribution in [0.3, 0.4) is 0 Å². The largest absolute Gasteiger partial charge is 0.383 e. The minimum Gasteiger partial charge on any atom is -0.383 e. The third-order valence-corrected chi connectivity index (χ3v) is 2.92. The van der Waals surface area contributed by atoms with Gasteiger partial charge in [0.1, 0.15) is 11.6 Å². The van der Waals surface area contributed by atoms with Crippen molar-refractivity contribution in [2.75, 3.05) is 29.6 Å². The van der Waals surface area contributed by atoms with Crippen LogP contribution in [0, 0.1) is 0 Å². The van der Waals surface area contributed by atoms with Crippen molar-refractivity contribution >= 4 is 33.4 Å². The van der Waals surface area contributed by atoms with Crippen LogP contribution in [-0.4, -0.2) is 36.9 Å². The predicted molar refractivity (Wildman–Crippen MR) is 64.7 cm³/mol. The van der Waals surface area contributed by atoms with Crippen LogP contribution in [0.4, 0.5) is 11.6 Å². The molecule has 16 heavy (non-hydrogen) atoms. The highest BCUT2D eigenvalue weighted by atomic mass is 32.2. The van der Waals surface area contributed by atoms with Crippen molar-refractivity contribution in [3.8, 4) is 0 Å². The molecule has 0 amide bonds. The van der Waals surface area contributed by atoms with Gasteiger partial charge in [-0.1, -0.05) is 11.8 Å². The summed E-state index contributed by atoms with van der Waals surface area (Å²) in [5.74, 6) is 0.656. The molecule has 1 rings (SSSR count). The summed E-state index contributed by atoms with van der Waals surface area (Å²) in [6.45, 7) is 0.184. The number of anilines is 2. The Morgan fingerprint density at radius 1 is 1.50 bits per heavy atom. The zero-order chi connectivity index (χ0) is 12.2. The average Bonchev–Trinajstić information content (AvgIpc) is 2.14. The lowest BCUT2D eigenvalue weighted by molar-refractivity contribution is 0.598. The van der Waals surface area contributed by atoms with Crippen molar-refractivity contribution in [2.24, 2.45) is 5.14 Å². The van der Waals surface area contributed by atoms with Gasteiger partial charge in [0.15, 0.2) is 5.16 Å². The lowest BCUT2D eigenvalue weighted by Crippen LogP contribution is -2.22. The molecular formula is C7H13N5O2S2. The first-order valence-electron chi connectivity index (χ1n) is 4.33. The standard InChI is InChI=1S/C7H13N5O2S2/c1-15-7-11-5(8)4-6(12-7)10-2-3-16(9,13)14/h4H,2-3H2,1H3,(H2,9,13,14)(H3,8,10,11,12). The van der Waals surface area contributed by atoms with E-state index in [9.17, 15) is 8.42 Å². The van der Waals surface area contributed by atoms with E-state index in [1.807, 2.05) is 6.26 Å². The van der Waals surface area contributed by atoms with Gasteiger partial charge in [0, 0.05) is 12.6 Å². The number of aromatic nitrogens is 2. The van der Waals surface area contributed by atoms with Crippen molar-refractivity contribution in [2.45, 2.75) is 5.16 Å². The summed E-state index contributed by atoms with van der Waals surface area (Å²) in [7, 11) is -3.46. The summed E-state index contributed by atoms with van der Waals surface area (Å²) in [6, 6.07) is 1.53. The molecule has 0 aliphatic rings. The molecule has 1 aromatic heterocycles. The van der Waals surface area contributed by atoms with Gasteiger partial charge >= 0.3 is 0 Å². The van der Waals surface area contributed by atoms with Gasteiger partial charge in [0.25, 0.3) is 0 Å². The number of sulfonamides is 1. The second kappa shape index (κ2) is 5.32. The van der Waals surface area contributed by atoms with Gasteiger partial charge in [-0.25, -0.2) is 23.5 Å². The van der Waals surface area contributed by atoms with Gasteiger partial charge in [0.05, 0.1) is 5.75 Å². The summed E-state index contributed by atoms with van der Waals surface area (Å²) in [4.78, 5) is 8.05. The van der Waals surface area contributed by atoms with Gasteiger partial charge in [-0.2, -0.15) is 0 Å². The average molecular weight is 263 g/mol. The molecule has 1 heterocycles. The number of thioether (sulfide) groups is 1. The van der Waals surface area contributed by atoms with Gasteiger partial charge in [-0.3, -0.25) is 0 Å². The minimum atomic E-state index is -3.46. The Balaban J connectivity index is 2.63. The number of nitrogens with two attached hydrogens (primary N) is 2. The molecule has 0 aliphatic carbocycles. The Morgan fingerprint density at radius 2 is 2.19 bits per heavy atom. The minimum absolute atomic E-state index is 0.161. The Bertz CT molecular complexity index is 462. The number of hydrogen-bond acceptors (Lipinski definition) is 7. The molecule has 0 radical (unpaired) electrons. The Kier molecular flexibility index (Phi) is 4.33. The molecule has 5 N–H and O–H groups in total. The van der Waals surface area contributed by atoms with Crippen molar-refractivity contribution < 1.29 is 8.42 Å². The van der Waals surface area contributed by atoms with Crippen LogP contribution in [0.5, 0.6) is 0 Å². The normalized spacial score (nSPS) is 11.4. The molecule has 0 spiro atoms. The molecule has 0 saturated heterocycles. The summed E-state index contributed by atoms with van der Waals surface area (Å²) in [6.07, 6.45) is 1.82. The van der Waals surface area contributed by atoms with Crippen LogP contribution in [0.2, 0.25) is 0 Å². The fourth-order valence-electron chi connectivity index (χ4n) is 0.946. The van der Waals surface area contributed by atoms with Crippen LogP contribution in [0.25, 0.3) is 0 Å². The monoisotopic (exact) mass is 263 g/mol. The van der Waals surface area contributed by atoms with Crippen LogP contribution < -0.4 is 16.2 Å². The van der Waals surface area contributed by atoms with E-state index in [0.29, 0.717) is 16.8 Å². The lowest BCUT2D eigenvalue weighted by atomic mass is 10.5. The Morgan fingerprint density at radius 3 is 2.75 bits per heavy atom. The molecule has 0 fully saturated rings. The van der Waals surface area contributed by atoms with Gasteiger partial charge in [-0.05, 0) is 6.26 Å². The lowest BCUT2D eigenvalue weighted by Gasteiger charge is -2.06. The number of nitrogen functional groups attached to an aromatic ring is 1. The second-order valence-corrected chi connectivity index (χ2v) is 5.47. The summed E-state index contributed by atoms with van der Waals surface area (Å²) in [5.41, 5.74) is 5.55. The topological polar surface area (TPSA) is 124 Å². The Labute approximate surface area is 98.1 Å². The number of hydrogen-bond donors (Lipinski definition) is 3. The summed E-state index contributed by atoms with van der Waals surface area (Å²) >= 11 is 1.35. The van der Waals surface area contributed by atoms with E-state index in [1.54, 1.807) is 0 Å². The van der Waals surface area contributed by atoms with E-state index in [0.717, 1.165) is 0 Å². The highest BCUT2D eigenvalue weighted by molar-refractivity contribution is 7.98. The maximum Gasteiger partial charge on any atom is 0.210 e. The molecule has 90 valence electrons. The van der Waals surface area contributed by atoms with E-state index in [-0.39, 0.29) is 12.3 Å². The highest BCUT2D eigenvalue weighted by Crippen LogP contribution is 2.14. The van der Waals surface area contributed by atoms with E-state index < -0.39 is 10.0 Å². The van der Waals surface area contributed by atoms with Crippen molar-refractivity contribution in [1.82, 2.24) is 9.97 Å². The summed E-state index contributed by atoms with van der Waals surface area (Å²) in [5, 5.41) is 8.20.